The summed E-state index contributed by atoms with van der Waals surface area (Å²) in [6, 6.07) is 14.0. The average Bonchev–Trinajstić information content (AvgIpc) is 2.87. The van der Waals surface area contributed by atoms with Crippen molar-refractivity contribution in [3.63, 3.8) is 0 Å². The van der Waals surface area contributed by atoms with Crippen molar-refractivity contribution in [2.75, 3.05) is 18.6 Å². The molecular formula is C29H41N3O5S. The smallest absolute Gasteiger partial charge is 0.408 e. The van der Waals surface area contributed by atoms with E-state index in [1.165, 1.54) is 11.0 Å². The summed E-state index contributed by atoms with van der Waals surface area (Å²) in [7, 11) is 0. The lowest BCUT2D eigenvalue weighted by molar-refractivity contribution is -0.142. The SMILES string of the molecule is CCCCN(C(=O)C(CCSC)NC(=O)OC(C)(C)C)C(C(=O)NCc1ccccc1)c1ccccc1O. The molecule has 3 N–H and O–H groups in total. The average molecular weight is 544 g/mol. The first-order valence-electron chi connectivity index (χ1n) is 13.0. The van der Waals surface area contributed by atoms with E-state index < -0.39 is 35.6 Å². The molecule has 2 unspecified atom stereocenters. The van der Waals surface area contributed by atoms with Crippen LogP contribution in [0.15, 0.2) is 54.6 Å². The number of ether oxygens (including phenoxy) is 1. The Hall–Kier alpha value is -3.20. The molecule has 0 aliphatic carbocycles. The van der Waals surface area contributed by atoms with Crippen LogP contribution in [0, 0.1) is 0 Å². The third-order valence-corrected chi connectivity index (χ3v) is 6.38. The van der Waals surface area contributed by atoms with Crippen molar-refractivity contribution in [1.29, 1.82) is 0 Å². The van der Waals surface area contributed by atoms with Gasteiger partial charge < -0.3 is 25.4 Å². The molecule has 0 aliphatic rings. The number of hydrogen-bond acceptors (Lipinski definition) is 6. The summed E-state index contributed by atoms with van der Waals surface area (Å²) in [6.07, 6.45) is 3.02. The number of alkyl carbamates (subject to hydrolysis) is 1. The highest BCUT2D eigenvalue weighted by molar-refractivity contribution is 7.98. The lowest BCUT2D eigenvalue weighted by Gasteiger charge is -2.34. The number of aromatic hydroxyl groups is 1. The van der Waals surface area contributed by atoms with Gasteiger partial charge in [-0.3, -0.25) is 9.59 Å². The maximum atomic E-state index is 14.0. The number of carbonyl (C=O) groups is 3. The predicted octanol–water partition coefficient (Wildman–Crippen LogP) is 5.02. The standard InChI is InChI=1S/C29H41N3O5S/c1-6-7-18-32(27(35)23(17-19-38-5)31-28(36)37-29(2,3)4)25(22-15-11-12-16-24(22)33)26(34)30-20-21-13-9-8-10-14-21/h8-16,23,25,33H,6-7,17-20H2,1-5H3,(H,30,34)(H,31,36). The minimum absolute atomic E-state index is 0.0811. The van der Waals surface area contributed by atoms with Crippen LogP contribution >= 0.6 is 11.8 Å². The van der Waals surface area contributed by atoms with Gasteiger partial charge >= 0.3 is 6.09 Å². The van der Waals surface area contributed by atoms with Crippen molar-refractivity contribution < 1.29 is 24.2 Å². The van der Waals surface area contributed by atoms with E-state index in [2.05, 4.69) is 10.6 Å². The molecule has 0 aromatic heterocycles. The highest BCUT2D eigenvalue weighted by atomic mass is 32.2. The summed E-state index contributed by atoms with van der Waals surface area (Å²) in [5.41, 5.74) is 0.505. The molecule has 0 heterocycles. The maximum Gasteiger partial charge on any atom is 0.408 e. The molecule has 0 saturated carbocycles. The molecule has 2 atom stereocenters. The summed E-state index contributed by atoms with van der Waals surface area (Å²) in [6.45, 7) is 7.81. The Kier molecular flexibility index (Phi) is 12.5. The highest BCUT2D eigenvalue weighted by Gasteiger charge is 2.37. The second-order valence-corrected chi connectivity index (χ2v) is 11.0. The maximum absolute atomic E-state index is 14.0. The van der Waals surface area contributed by atoms with Crippen LogP contribution in [0.3, 0.4) is 0 Å². The summed E-state index contributed by atoms with van der Waals surface area (Å²) < 4.78 is 5.41. The number of nitrogens with zero attached hydrogens (tertiary/aromatic N) is 1. The number of unbranched alkanes of at least 4 members (excludes halogenated alkanes) is 1. The van der Waals surface area contributed by atoms with Crippen LogP contribution in [-0.2, 0) is 20.9 Å². The Morgan fingerprint density at radius 1 is 1.05 bits per heavy atom. The molecule has 2 rings (SSSR count). The number of benzene rings is 2. The molecule has 8 nitrogen and oxygen atoms in total. The van der Waals surface area contributed by atoms with E-state index >= 15 is 0 Å². The summed E-state index contributed by atoms with van der Waals surface area (Å²) in [4.78, 5) is 41.8. The number of phenolic OH excluding ortho intramolecular Hbond substituents is 1. The zero-order valence-electron chi connectivity index (χ0n) is 23.0. The third-order valence-electron chi connectivity index (χ3n) is 5.74. The number of para-hydroxylation sites is 1. The Labute approximate surface area is 230 Å². The van der Waals surface area contributed by atoms with Crippen LogP contribution in [0.4, 0.5) is 4.79 Å². The van der Waals surface area contributed by atoms with Crippen LogP contribution in [0.25, 0.3) is 0 Å². The zero-order chi connectivity index (χ0) is 28.1. The molecular weight excluding hydrogens is 502 g/mol. The van der Waals surface area contributed by atoms with Gasteiger partial charge in [-0.2, -0.15) is 11.8 Å². The summed E-state index contributed by atoms with van der Waals surface area (Å²) in [5.74, 6) is -0.278. The largest absolute Gasteiger partial charge is 0.508 e. The number of rotatable bonds is 13. The zero-order valence-corrected chi connectivity index (χ0v) is 23.8. The van der Waals surface area contributed by atoms with Crippen molar-refractivity contribution in [3.05, 3.63) is 65.7 Å². The van der Waals surface area contributed by atoms with Gasteiger partial charge in [-0.15, -0.1) is 0 Å². The van der Waals surface area contributed by atoms with E-state index in [1.807, 2.05) is 43.5 Å². The minimum Gasteiger partial charge on any atom is -0.508 e. The van der Waals surface area contributed by atoms with Gasteiger partial charge in [0.1, 0.15) is 23.4 Å². The first-order valence-corrected chi connectivity index (χ1v) is 14.3. The summed E-state index contributed by atoms with van der Waals surface area (Å²) in [5, 5.41) is 16.4. The van der Waals surface area contributed by atoms with Crippen molar-refractivity contribution in [1.82, 2.24) is 15.5 Å². The fraction of sp³-hybridized carbons (Fsp3) is 0.483. The number of carbonyl (C=O) groups excluding carboxylic acids is 3. The fourth-order valence-corrected chi connectivity index (χ4v) is 4.36. The number of nitrogens with one attached hydrogen (secondary N) is 2. The first-order chi connectivity index (χ1) is 18.1. The second kappa shape index (κ2) is 15.3. The molecule has 2 aromatic rings. The lowest BCUT2D eigenvalue weighted by Crippen LogP contribution is -2.53. The van der Waals surface area contributed by atoms with Gasteiger partial charge in [0, 0.05) is 18.7 Å². The van der Waals surface area contributed by atoms with Gasteiger partial charge in [-0.05, 0) is 57.3 Å². The molecule has 38 heavy (non-hydrogen) atoms. The Balaban J connectivity index is 2.44. The van der Waals surface area contributed by atoms with E-state index in [9.17, 15) is 19.5 Å². The number of amides is 3. The van der Waals surface area contributed by atoms with Gasteiger partial charge in [0.15, 0.2) is 0 Å². The van der Waals surface area contributed by atoms with Gasteiger partial charge in [0.05, 0.1) is 0 Å². The topological polar surface area (TPSA) is 108 Å². The fourth-order valence-electron chi connectivity index (χ4n) is 3.89. The van der Waals surface area contributed by atoms with E-state index in [1.54, 1.807) is 50.7 Å². The van der Waals surface area contributed by atoms with Crippen molar-refractivity contribution in [3.8, 4) is 5.75 Å². The Morgan fingerprint density at radius 3 is 2.32 bits per heavy atom. The second-order valence-electron chi connectivity index (χ2n) is 10.0. The molecule has 9 heteroatoms. The molecule has 0 fully saturated rings. The van der Waals surface area contributed by atoms with Gasteiger partial charge in [0.25, 0.3) is 0 Å². The molecule has 0 saturated heterocycles. The van der Waals surface area contributed by atoms with E-state index in [0.29, 0.717) is 24.2 Å². The van der Waals surface area contributed by atoms with E-state index in [-0.39, 0.29) is 18.8 Å². The quantitative estimate of drug-likeness (QED) is 0.327. The Bertz CT molecular complexity index is 1040. The van der Waals surface area contributed by atoms with Crippen LogP contribution in [0.1, 0.15) is 64.1 Å². The molecule has 208 valence electrons. The van der Waals surface area contributed by atoms with E-state index in [0.717, 1.165) is 12.0 Å². The molecule has 3 amide bonds. The molecule has 0 bridgehead atoms. The molecule has 2 aromatic carbocycles. The highest BCUT2D eigenvalue weighted by Crippen LogP contribution is 2.30. The minimum atomic E-state index is -1.09. The van der Waals surface area contributed by atoms with Crippen molar-refractivity contribution in [2.45, 2.75) is 71.2 Å². The number of hydrogen-bond donors (Lipinski definition) is 3. The van der Waals surface area contributed by atoms with Crippen LogP contribution in [-0.4, -0.2) is 58.1 Å². The predicted molar refractivity (Wildman–Crippen MR) is 152 cm³/mol. The number of phenols is 1. The normalized spacial score (nSPS) is 12.8. The Morgan fingerprint density at radius 2 is 1.71 bits per heavy atom. The van der Waals surface area contributed by atoms with Gasteiger partial charge in [-0.1, -0.05) is 61.9 Å². The first kappa shape index (κ1) is 31.0. The lowest BCUT2D eigenvalue weighted by atomic mass is 10.0. The monoisotopic (exact) mass is 543 g/mol. The van der Waals surface area contributed by atoms with Crippen LogP contribution < -0.4 is 10.6 Å². The van der Waals surface area contributed by atoms with Gasteiger partial charge in [-0.25, -0.2) is 4.79 Å². The summed E-state index contributed by atoms with van der Waals surface area (Å²) >= 11 is 1.55. The van der Waals surface area contributed by atoms with Crippen LogP contribution in [0.5, 0.6) is 5.75 Å². The molecule has 0 radical (unpaired) electrons. The van der Waals surface area contributed by atoms with Crippen molar-refractivity contribution >= 4 is 29.7 Å². The number of thioether (sulfide) groups is 1. The third kappa shape index (κ3) is 9.93. The van der Waals surface area contributed by atoms with Crippen molar-refractivity contribution in [2.24, 2.45) is 0 Å². The van der Waals surface area contributed by atoms with E-state index in [4.69, 9.17) is 4.74 Å². The molecule has 0 aliphatic heterocycles. The van der Waals surface area contributed by atoms with Gasteiger partial charge in [0.2, 0.25) is 11.8 Å². The van der Waals surface area contributed by atoms with Crippen LogP contribution in [0.2, 0.25) is 0 Å². The molecule has 0 spiro atoms.